The molecular formula is C38H61FN8O6S. The topological polar surface area (TPSA) is 160 Å². The van der Waals surface area contributed by atoms with E-state index in [4.69, 9.17) is 4.74 Å². The van der Waals surface area contributed by atoms with Crippen LogP contribution in [0.2, 0.25) is 0 Å². The number of aliphatic hydroxyl groups is 1. The van der Waals surface area contributed by atoms with Gasteiger partial charge in [-0.1, -0.05) is 45.0 Å². The van der Waals surface area contributed by atoms with Crippen molar-refractivity contribution in [1.29, 1.82) is 0 Å². The Bertz CT molecular complexity index is 1470. The molecule has 0 bridgehead atoms. The second-order valence-electron chi connectivity index (χ2n) is 16.2. The summed E-state index contributed by atoms with van der Waals surface area (Å²) >= 11 is 1.64. The molecule has 0 radical (unpaired) electrons. The lowest BCUT2D eigenvalue weighted by Crippen LogP contribution is -2.63. The number of thiazole rings is 1. The van der Waals surface area contributed by atoms with Crippen LogP contribution in [0.15, 0.2) is 29.8 Å². The minimum atomic E-state index is -0.583. The van der Waals surface area contributed by atoms with Gasteiger partial charge in [0.25, 0.3) is 5.91 Å². The summed E-state index contributed by atoms with van der Waals surface area (Å²) in [5.41, 5.74) is 5.93. The van der Waals surface area contributed by atoms with E-state index in [9.17, 15) is 28.8 Å². The monoisotopic (exact) mass is 776 g/mol. The zero-order valence-corrected chi connectivity index (χ0v) is 33.8. The third kappa shape index (κ3) is 16.3. The highest BCUT2D eigenvalue weighted by Gasteiger charge is 2.33. The third-order valence-electron chi connectivity index (χ3n) is 8.98. The number of nitrogens with zero attached hydrogens (tertiary/aromatic N) is 5. The van der Waals surface area contributed by atoms with E-state index in [1.165, 1.54) is 16.0 Å². The van der Waals surface area contributed by atoms with E-state index < -0.39 is 11.5 Å². The van der Waals surface area contributed by atoms with Crippen molar-refractivity contribution in [3.8, 4) is 10.4 Å². The molecule has 1 aromatic carbocycles. The number of rotatable bonds is 11. The quantitative estimate of drug-likeness (QED) is 0.197. The highest BCUT2D eigenvalue weighted by atomic mass is 32.1. The first-order valence-electron chi connectivity index (χ1n) is 18.6. The number of likely N-dealkylation sites (tertiary alicyclic amines) is 2. The highest BCUT2D eigenvalue weighted by Crippen LogP contribution is 2.27. The van der Waals surface area contributed by atoms with Gasteiger partial charge in [0, 0.05) is 84.5 Å². The molecule has 3 saturated heterocycles. The van der Waals surface area contributed by atoms with Crippen LogP contribution in [0.1, 0.15) is 65.6 Å². The normalized spacial score (nSPS) is 18.3. The largest absolute Gasteiger partial charge is 0.444 e. The van der Waals surface area contributed by atoms with Crippen LogP contribution in [0.25, 0.3) is 10.4 Å². The zero-order chi connectivity index (χ0) is 39.9. The van der Waals surface area contributed by atoms with Crippen molar-refractivity contribution >= 4 is 35.7 Å². The lowest BCUT2D eigenvalue weighted by Gasteiger charge is -2.48. The Morgan fingerprint density at radius 1 is 1.00 bits per heavy atom. The number of aliphatic hydroxyl groups excluding tert-OH is 1. The van der Waals surface area contributed by atoms with Crippen molar-refractivity contribution in [2.24, 2.45) is 5.41 Å². The maximum atomic E-state index is 12.0. The Balaban J connectivity index is 0.000000233. The fraction of sp³-hybridized carbons (Fsp3) is 0.658. The number of carbonyl (C=O) groups is 4. The van der Waals surface area contributed by atoms with Gasteiger partial charge in [0.15, 0.2) is 0 Å². The fourth-order valence-electron chi connectivity index (χ4n) is 6.15. The fourth-order valence-corrected chi connectivity index (χ4v) is 6.96. The number of nitrogens with one attached hydrogen (secondary N) is 3. The average molecular weight is 777 g/mol. The number of piperazine rings is 1. The van der Waals surface area contributed by atoms with Crippen LogP contribution in [-0.4, -0.2) is 144 Å². The minimum absolute atomic E-state index is 0.0463. The molecule has 3 aliphatic heterocycles. The molecule has 0 saturated carbocycles. The van der Waals surface area contributed by atoms with Crippen molar-refractivity contribution in [3.05, 3.63) is 41.0 Å². The van der Waals surface area contributed by atoms with Crippen molar-refractivity contribution in [2.75, 3.05) is 72.0 Å². The van der Waals surface area contributed by atoms with Gasteiger partial charge >= 0.3 is 6.09 Å². The van der Waals surface area contributed by atoms with E-state index in [2.05, 4.69) is 58.3 Å². The van der Waals surface area contributed by atoms with Crippen LogP contribution in [0.3, 0.4) is 0 Å². The van der Waals surface area contributed by atoms with Crippen molar-refractivity contribution in [1.82, 2.24) is 40.8 Å². The summed E-state index contributed by atoms with van der Waals surface area (Å²) < 4.78 is 17.2. The van der Waals surface area contributed by atoms with Gasteiger partial charge in [0.1, 0.15) is 5.60 Å². The van der Waals surface area contributed by atoms with Gasteiger partial charge in [0.2, 0.25) is 12.3 Å². The second kappa shape index (κ2) is 21.4. The summed E-state index contributed by atoms with van der Waals surface area (Å²) in [4.78, 5) is 58.3. The Kier molecular flexibility index (Phi) is 17.7. The predicted octanol–water partition coefficient (Wildman–Crippen LogP) is 3.19. The van der Waals surface area contributed by atoms with Crippen LogP contribution < -0.4 is 16.2 Å². The van der Waals surface area contributed by atoms with E-state index in [1.54, 1.807) is 16.2 Å². The first-order valence-corrected chi connectivity index (χ1v) is 19.5. The standard InChI is InChI=1S/C16H30FN5O3.C12H12N2OS.C10H19NO2/c1-16(2,3)25-15(24)18-4-5-21-10-13(11-21)22-8-6-20(7-9-22)12-14(23)19-17;1-9-12(16-8-14-9)11-4-2-10(3-5-11)6-13-7-15;1-10(2,3)6-9(13)11-5-4-8(12)7-11/h13H,4-12H2,1-3H3,(H,18,24)(H,19,23);2-5,7-8H,6H2,1H3,(H,13,15);8,12H,4-7H2,1-3H3. The number of alkyl carbamates (subject to hydrolysis) is 1. The maximum Gasteiger partial charge on any atom is 0.407 e. The maximum absolute atomic E-state index is 12.0. The van der Waals surface area contributed by atoms with E-state index in [1.807, 2.05) is 50.2 Å². The predicted molar refractivity (Wildman–Crippen MR) is 208 cm³/mol. The summed E-state index contributed by atoms with van der Waals surface area (Å²) in [6.07, 6.45) is 1.33. The molecule has 3 aliphatic rings. The van der Waals surface area contributed by atoms with Gasteiger partial charge in [0.05, 0.1) is 28.7 Å². The SMILES string of the molecule is CC(C)(C)CC(=O)N1CCC(O)C1.CC(C)(C)OC(=O)NCCN1CC(N2CCN(CC(=O)NF)CC2)C1.Cc1ncsc1-c1ccc(CNC=O)cc1. The summed E-state index contributed by atoms with van der Waals surface area (Å²) in [6.45, 7) is 22.4. The molecular weight excluding hydrogens is 716 g/mol. The molecule has 1 atom stereocenters. The Morgan fingerprint density at radius 2 is 1.67 bits per heavy atom. The molecule has 1 aromatic heterocycles. The number of aryl methyl sites for hydroxylation is 1. The summed E-state index contributed by atoms with van der Waals surface area (Å²) in [5, 5.41) is 14.7. The second-order valence-corrected chi connectivity index (χ2v) is 17.0. The van der Waals surface area contributed by atoms with Gasteiger partial charge in [-0.3, -0.25) is 29.1 Å². The first kappa shape index (κ1) is 44.7. The number of ether oxygens (including phenoxy) is 1. The first-order chi connectivity index (χ1) is 25.5. The molecule has 54 heavy (non-hydrogen) atoms. The van der Waals surface area contributed by atoms with Crippen LogP contribution >= 0.6 is 11.3 Å². The summed E-state index contributed by atoms with van der Waals surface area (Å²) in [5.74, 6) is -0.412. The van der Waals surface area contributed by atoms with Crippen molar-refractivity contribution < 1.29 is 33.5 Å². The van der Waals surface area contributed by atoms with Crippen molar-refractivity contribution in [2.45, 2.75) is 85.6 Å². The third-order valence-corrected chi connectivity index (χ3v) is 9.96. The molecule has 14 nitrogen and oxygen atoms in total. The Morgan fingerprint density at radius 3 is 2.19 bits per heavy atom. The smallest absolute Gasteiger partial charge is 0.407 e. The van der Waals surface area contributed by atoms with E-state index >= 15 is 0 Å². The van der Waals surface area contributed by atoms with Crippen LogP contribution in [0.4, 0.5) is 9.28 Å². The number of amides is 4. The molecule has 1 unspecified atom stereocenters. The van der Waals surface area contributed by atoms with Crippen LogP contribution in [0, 0.1) is 12.3 Å². The number of β-amino-alcohol motifs (C(OH)–C–C–N with tert-alkyl or cyclic N) is 1. The van der Waals surface area contributed by atoms with E-state index in [-0.39, 0.29) is 30.1 Å². The van der Waals surface area contributed by atoms with Crippen molar-refractivity contribution in [3.63, 3.8) is 0 Å². The highest BCUT2D eigenvalue weighted by molar-refractivity contribution is 7.13. The molecule has 16 heteroatoms. The summed E-state index contributed by atoms with van der Waals surface area (Å²) in [7, 11) is 0. The number of carbonyl (C=O) groups excluding carboxylic acids is 4. The molecule has 4 heterocycles. The zero-order valence-electron chi connectivity index (χ0n) is 33.0. The number of benzene rings is 1. The Labute approximate surface area is 323 Å². The van der Waals surface area contributed by atoms with E-state index in [0.29, 0.717) is 38.5 Å². The number of hydrogen-bond donors (Lipinski definition) is 4. The molecule has 3 fully saturated rings. The average Bonchev–Trinajstić information content (AvgIpc) is 3.72. The Hall–Kier alpha value is -3.70. The number of hydrogen-bond acceptors (Lipinski definition) is 11. The lowest BCUT2D eigenvalue weighted by molar-refractivity contribution is -0.132. The molecule has 4 amide bonds. The van der Waals surface area contributed by atoms with Gasteiger partial charge < -0.3 is 25.4 Å². The lowest BCUT2D eigenvalue weighted by atomic mass is 9.92. The molecule has 2 aromatic rings. The van der Waals surface area contributed by atoms with Gasteiger partial charge in [-0.2, -0.15) is 5.54 Å². The molecule has 0 spiro atoms. The molecule has 5 rings (SSSR count). The number of halogens is 1. The minimum Gasteiger partial charge on any atom is -0.444 e. The van der Waals surface area contributed by atoms with Crippen LogP contribution in [0.5, 0.6) is 0 Å². The number of aromatic nitrogens is 1. The van der Waals surface area contributed by atoms with Gasteiger partial charge in [-0.05, 0) is 50.7 Å². The molecule has 302 valence electrons. The summed E-state index contributed by atoms with van der Waals surface area (Å²) in [6, 6.07) is 8.68. The molecule has 0 aliphatic carbocycles. The van der Waals surface area contributed by atoms with E-state index in [0.717, 1.165) is 70.0 Å². The van der Waals surface area contributed by atoms with Gasteiger partial charge in [-0.25, -0.2) is 9.78 Å². The molecule has 4 N–H and O–H groups in total. The van der Waals surface area contributed by atoms with Crippen LogP contribution in [-0.2, 0) is 25.7 Å². The van der Waals surface area contributed by atoms with Gasteiger partial charge in [-0.15, -0.1) is 15.8 Å².